The first-order chi connectivity index (χ1) is 8.83. The first kappa shape index (κ1) is 22.0. The predicted molar refractivity (Wildman–Crippen MR) is 107 cm³/mol. The summed E-state index contributed by atoms with van der Waals surface area (Å²) in [6.45, 7) is 27.3. The molecule has 0 aliphatic carbocycles. The molecule has 0 aromatic rings. The molecule has 0 aromatic carbocycles. The monoisotopic (exact) mass is 382 g/mol. The van der Waals surface area contributed by atoms with Gasteiger partial charge in [-0.3, -0.25) is 0 Å². The third kappa shape index (κ3) is 12.1. The van der Waals surface area contributed by atoms with Crippen molar-refractivity contribution in [3.8, 4) is 0 Å². The molecule has 21 heavy (non-hydrogen) atoms. The molecule has 0 aromatic heterocycles. The summed E-state index contributed by atoms with van der Waals surface area (Å²) < 4.78 is 19.5. The molecule has 0 atom stereocenters. The van der Waals surface area contributed by atoms with Crippen LogP contribution < -0.4 is 0 Å². The number of hydrogen-bond donors (Lipinski definition) is 0. The maximum absolute atomic E-state index is 6.61. The lowest BCUT2D eigenvalue weighted by molar-refractivity contribution is 0.393. The van der Waals surface area contributed by atoms with E-state index in [0.717, 1.165) is 5.67 Å². The Kier molecular flexibility index (Phi) is 7.15. The van der Waals surface area contributed by atoms with Gasteiger partial charge in [-0.1, -0.05) is 0 Å². The first-order valence-corrected chi connectivity index (χ1v) is 23.8. The second-order valence-corrected chi connectivity index (χ2v) is 31.8. The molecule has 0 bridgehead atoms. The van der Waals surface area contributed by atoms with E-state index in [4.69, 9.17) is 12.3 Å². The van der Waals surface area contributed by atoms with E-state index in [1.54, 1.807) is 0 Å². The van der Waals surface area contributed by atoms with Crippen LogP contribution in [0.1, 0.15) is 0 Å². The molecule has 8 heteroatoms. The van der Waals surface area contributed by atoms with Gasteiger partial charge in [-0.05, 0) is 84.2 Å². The van der Waals surface area contributed by atoms with E-state index in [1.807, 2.05) is 0 Å². The first-order valence-electron chi connectivity index (χ1n) is 7.93. The summed E-state index contributed by atoms with van der Waals surface area (Å²) >= 11 is 0. The van der Waals surface area contributed by atoms with Crippen molar-refractivity contribution in [2.24, 2.45) is 0 Å². The normalized spacial score (nSPS) is 15.4. The van der Waals surface area contributed by atoms with Crippen LogP contribution in [-0.4, -0.2) is 41.8 Å². The molecule has 0 heterocycles. The molecule has 0 radical (unpaired) electrons. The number of rotatable bonds is 8. The van der Waals surface area contributed by atoms with Gasteiger partial charge in [-0.25, -0.2) is 0 Å². The Hall–Kier alpha value is 0.964. The molecule has 3 nitrogen and oxygen atoms in total. The molecule has 0 N–H and O–H groups in total. The summed E-state index contributed by atoms with van der Waals surface area (Å²) in [5.41, 5.74) is 1.15. The fourth-order valence-corrected chi connectivity index (χ4v) is 31.8. The van der Waals surface area contributed by atoms with E-state index < -0.39 is 41.8 Å². The van der Waals surface area contributed by atoms with Crippen molar-refractivity contribution < 1.29 is 12.3 Å². The van der Waals surface area contributed by atoms with Crippen molar-refractivity contribution >= 4 is 41.8 Å². The lowest BCUT2D eigenvalue weighted by Crippen LogP contribution is -2.55. The lowest BCUT2D eigenvalue weighted by Gasteiger charge is -2.41. The van der Waals surface area contributed by atoms with Gasteiger partial charge in [0.25, 0.3) is 0 Å². The Bertz CT molecular complexity index is 311. The van der Waals surface area contributed by atoms with Gasteiger partial charge in [-0.15, -0.1) is 0 Å². The average Bonchev–Trinajstić information content (AvgIpc) is 1.83. The SMILES string of the molecule is C[Si](C)(C)O[Si](C)(C)C[Si](C)(C)O[Si](C)(C)O[Si](C)(C)C. The van der Waals surface area contributed by atoms with Crippen molar-refractivity contribution in [2.45, 2.75) is 84.2 Å². The largest absolute Gasteiger partial charge is 0.456 e. The second kappa shape index (κ2) is 6.84. The highest BCUT2D eigenvalue weighted by molar-refractivity contribution is 6.96. The molecule has 0 saturated carbocycles. The molecule has 0 fully saturated rings. The summed E-state index contributed by atoms with van der Waals surface area (Å²) in [7, 11) is -8.46. The third-order valence-electron chi connectivity index (χ3n) is 2.51. The maximum atomic E-state index is 6.61. The van der Waals surface area contributed by atoms with E-state index in [0.29, 0.717) is 0 Å². The minimum Gasteiger partial charge on any atom is -0.456 e. The van der Waals surface area contributed by atoms with Gasteiger partial charge < -0.3 is 12.3 Å². The van der Waals surface area contributed by atoms with Gasteiger partial charge in [0.05, 0.1) is 0 Å². The van der Waals surface area contributed by atoms with Crippen molar-refractivity contribution in [3.63, 3.8) is 0 Å². The zero-order chi connectivity index (χ0) is 17.3. The van der Waals surface area contributed by atoms with Crippen molar-refractivity contribution in [1.82, 2.24) is 0 Å². The fraction of sp³-hybridized carbons (Fsp3) is 1.00. The van der Waals surface area contributed by atoms with Gasteiger partial charge in [-0.2, -0.15) is 0 Å². The molecule has 0 aliphatic rings. The van der Waals surface area contributed by atoms with Crippen LogP contribution in [0.4, 0.5) is 0 Å². The van der Waals surface area contributed by atoms with Crippen LogP contribution in [0.3, 0.4) is 0 Å². The van der Waals surface area contributed by atoms with Crippen LogP contribution in [-0.2, 0) is 12.3 Å². The summed E-state index contributed by atoms with van der Waals surface area (Å²) in [6, 6.07) is 0. The zero-order valence-corrected chi connectivity index (χ0v) is 21.4. The molecule has 0 rings (SSSR count). The third-order valence-corrected chi connectivity index (χ3v) is 22.6. The molecule has 0 unspecified atom stereocenters. The summed E-state index contributed by atoms with van der Waals surface area (Å²) in [4.78, 5) is 0. The van der Waals surface area contributed by atoms with Gasteiger partial charge >= 0.3 is 8.56 Å². The highest BCUT2D eigenvalue weighted by Crippen LogP contribution is 2.28. The van der Waals surface area contributed by atoms with Crippen LogP contribution in [0, 0.1) is 0 Å². The predicted octanol–water partition coefficient (Wildman–Crippen LogP) is 5.36. The minimum absolute atomic E-state index is 1.15. The van der Waals surface area contributed by atoms with E-state index in [9.17, 15) is 0 Å². The molecule has 0 spiro atoms. The van der Waals surface area contributed by atoms with Crippen molar-refractivity contribution in [3.05, 3.63) is 0 Å². The van der Waals surface area contributed by atoms with Gasteiger partial charge in [0, 0.05) is 0 Å². The quantitative estimate of drug-likeness (QED) is 0.529. The van der Waals surface area contributed by atoms with E-state index in [2.05, 4.69) is 78.6 Å². The van der Waals surface area contributed by atoms with Crippen LogP contribution in [0.5, 0.6) is 0 Å². The molecule has 128 valence electrons. The number of hydrogen-bond acceptors (Lipinski definition) is 3. The van der Waals surface area contributed by atoms with Crippen molar-refractivity contribution in [2.75, 3.05) is 0 Å². The molecular formula is C13H38O3Si5. The second-order valence-electron chi connectivity index (χ2n) is 9.63. The van der Waals surface area contributed by atoms with Crippen LogP contribution >= 0.6 is 0 Å². The zero-order valence-electron chi connectivity index (χ0n) is 16.4. The fourth-order valence-electron chi connectivity index (χ4n) is 3.35. The molecule has 0 amide bonds. The van der Waals surface area contributed by atoms with Crippen molar-refractivity contribution in [1.29, 1.82) is 0 Å². The van der Waals surface area contributed by atoms with E-state index in [-0.39, 0.29) is 0 Å². The summed E-state index contributed by atoms with van der Waals surface area (Å²) in [5, 5.41) is 0. The summed E-state index contributed by atoms with van der Waals surface area (Å²) in [5.74, 6) is 0. The Morgan fingerprint density at radius 1 is 0.476 bits per heavy atom. The average molecular weight is 383 g/mol. The standard InChI is InChI=1S/C13H38O3Si5/c1-17(2,3)14-19(7,8)13-20(9,10)16-21(11,12)15-18(4,5)6/h13H2,1-12H3. The Morgan fingerprint density at radius 2 is 0.810 bits per heavy atom. The Balaban J connectivity index is 4.83. The lowest BCUT2D eigenvalue weighted by atomic mass is 11.8. The van der Waals surface area contributed by atoms with Crippen LogP contribution in [0.15, 0.2) is 0 Å². The molecular weight excluding hydrogens is 345 g/mol. The highest BCUT2D eigenvalue weighted by atomic mass is 28.5. The van der Waals surface area contributed by atoms with Crippen LogP contribution in [0.25, 0.3) is 0 Å². The minimum atomic E-state index is -2.03. The van der Waals surface area contributed by atoms with E-state index >= 15 is 0 Å². The summed E-state index contributed by atoms with van der Waals surface area (Å²) in [6.07, 6.45) is 0. The van der Waals surface area contributed by atoms with Gasteiger partial charge in [0.1, 0.15) is 0 Å². The molecule has 0 aliphatic heterocycles. The van der Waals surface area contributed by atoms with Gasteiger partial charge in [0.2, 0.25) is 0 Å². The van der Waals surface area contributed by atoms with Gasteiger partial charge in [0.15, 0.2) is 33.3 Å². The maximum Gasteiger partial charge on any atom is 0.311 e. The molecule has 0 saturated heterocycles. The highest BCUT2D eigenvalue weighted by Gasteiger charge is 2.43. The van der Waals surface area contributed by atoms with Crippen LogP contribution in [0.2, 0.25) is 84.2 Å². The smallest absolute Gasteiger partial charge is 0.311 e. The van der Waals surface area contributed by atoms with E-state index in [1.165, 1.54) is 0 Å². The topological polar surface area (TPSA) is 27.7 Å². The Morgan fingerprint density at radius 3 is 1.14 bits per heavy atom. The Labute approximate surface area is 138 Å².